The standard InChI is InChI=1S/C23H26N2O2/c1-14-10-16(3)23(27-5)19(11-14)20-12-15(2)18-8-6-17(13-21(18)25-20)7-9-22(26)24-4/h6,8,10-13H,7,9H2,1-5H3,(H,24,26). The SMILES string of the molecule is CNC(=O)CCc1ccc2c(C)cc(-c3cc(C)cc(C)c3OC)nc2c1. The van der Waals surface area contributed by atoms with E-state index in [0.717, 1.165) is 39.0 Å². The first-order valence-corrected chi connectivity index (χ1v) is 9.19. The van der Waals surface area contributed by atoms with Gasteiger partial charge in [-0.05, 0) is 67.6 Å². The fourth-order valence-corrected chi connectivity index (χ4v) is 3.54. The Kier molecular flexibility index (Phi) is 5.45. The van der Waals surface area contributed by atoms with Crippen molar-refractivity contribution in [1.82, 2.24) is 10.3 Å². The third-order valence-corrected chi connectivity index (χ3v) is 4.90. The maximum Gasteiger partial charge on any atom is 0.220 e. The van der Waals surface area contributed by atoms with Gasteiger partial charge in [0.25, 0.3) is 0 Å². The second-order valence-electron chi connectivity index (χ2n) is 7.01. The number of nitrogens with one attached hydrogen (secondary N) is 1. The fraction of sp³-hybridized carbons (Fsp3) is 0.304. The highest BCUT2D eigenvalue weighted by molar-refractivity contribution is 5.86. The van der Waals surface area contributed by atoms with Crippen molar-refractivity contribution in [2.45, 2.75) is 33.6 Å². The average Bonchev–Trinajstić information content (AvgIpc) is 2.65. The number of rotatable bonds is 5. The molecule has 0 unspecified atom stereocenters. The van der Waals surface area contributed by atoms with Crippen LogP contribution in [0, 0.1) is 20.8 Å². The maximum atomic E-state index is 11.5. The zero-order chi connectivity index (χ0) is 19.6. The van der Waals surface area contributed by atoms with Gasteiger partial charge in [0.1, 0.15) is 5.75 Å². The van der Waals surface area contributed by atoms with Crippen LogP contribution < -0.4 is 10.1 Å². The lowest BCUT2D eigenvalue weighted by Crippen LogP contribution is -2.17. The molecule has 0 aliphatic heterocycles. The number of amides is 1. The van der Waals surface area contributed by atoms with Gasteiger partial charge in [-0.15, -0.1) is 0 Å². The van der Waals surface area contributed by atoms with E-state index in [-0.39, 0.29) is 5.91 Å². The van der Waals surface area contributed by atoms with Crippen molar-refractivity contribution in [1.29, 1.82) is 0 Å². The summed E-state index contributed by atoms with van der Waals surface area (Å²) in [7, 11) is 3.36. The molecule has 3 rings (SSSR count). The summed E-state index contributed by atoms with van der Waals surface area (Å²) >= 11 is 0. The van der Waals surface area contributed by atoms with Crippen LogP contribution in [0.5, 0.6) is 5.75 Å². The smallest absolute Gasteiger partial charge is 0.220 e. The van der Waals surface area contributed by atoms with Crippen molar-refractivity contribution in [2.24, 2.45) is 0 Å². The Morgan fingerprint density at radius 1 is 1.07 bits per heavy atom. The van der Waals surface area contributed by atoms with Crippen molar-refractivity contribution in [3.8, 4) is 17.0 Å². The Labute approximate surface area is 160 Å². The Hall–Kier alpha value is -2.88. The molecule has 0 fully saturated rings. The number of carbonyl (C=O) groups is 1. The number of pyridine rings is 1. The van der Waals surface area contributed by atoms with Crippen LogP contribution in [-0.2, 0) is 11.2 Å². The molecule has 0 spiro atoms. The molecule has 27 heavy (non-hydrogen) atoms. The summed E-state index contributed by atoms with van der Waals surface area (Å²) in [6, 6.07) is 12.6. The lowest BCUT2D eigenvalue weighted by atomic mass is 9.99. The van der Waals surface area contributed by atoms with Crippen LogP contribution in [0.15, 0.2) is 36.4 Å². The lowest BCUT2D eigenvalue weighted by Gasteiger charge is -2.14. The van der Waals surface area contributed by atoms with E-state index in [1.165, 1.54) is 11.1 Å². The van der Waals surface area contributed by atoms with Crippen LogP contribution >= 0.6 is 0 Å². The van der Waals surface area contributed by atoms with Crippen LogP contribution in [0.2, 0.25) is 0 Å². The van der Waals surface area contributed by atoms with Crippen LogP contribution in [0.25, 0.3) is 22.2 Å². The number of methoxy groups -OCH3 is 1. The van der Waals surface area contributed by atoms with Crippen molar-refractivity contribution in [3.63, 3.8) is 0 Å². The third kappa shape index (κ3) is 3.95. The Morgan fingerprint density at radius 3 is 2.56 bits per heavy atom. The third-order valence-electron chi connectivity index (χ3n) is 4.90. The highest BCUT2D eigenvalue weighted by Crippen LogP contribution is 2.35. The molecule has 140 valence electrons. The van der Waals surface area contributed by atoms with E-state index in [2.05, 4.69) is 62.5 Å². The number of aromatic nitrogens is 1. The molecule has 1 aromatic heterocycles. The molecule has 2 aromatic carbocycles. The predicted octanol–water partition coefficient (Wildman–Crippen LogP) is 4.51. The van der Waals surface area contributed by atoms with Gasteiger partial charge in [0, 0.05) is 24.4 Å². The molecule has 4 heteroatoms. The summed E-state index contributed by atoms with van der Waals surface area (Å²) in [5, 5.41) is 3.80. The molecule has 0 aliphatic rings. The Balaban J connectivity index is 2.09. The molecule has 0 bridgehead atoms. The molecule has 1 N–H and O–H groups in total. The maximum absolute atomic E-state index is 11.5. The van der Waals surface area contributed by atoms with Gasteiger partial charge in [-0.25, -0.2) is 4.98 Å². The van der Waals surface area contributed by atoms with Crippen molar-refractivity contribution in [2.75, 3.05) is 14.2 Å². The summed E-state index contributed by atoms with van der Waals surface area (Å²) in [5.41, 5.74) is 7.44. The van der Waals surface area contributed by atoms with E-state index in [1.807, 2.05) is 0 Å². The minimum absolute atomic E-state index is 0.0490. The summed E-state index contributed by atoms with van der Waals surface area (Å²) < 4.78 is 5.65. The summed E-state index contributed by atoms with van der Waals surface area (Å²) in [6.45, 7) is 6.24. The predicted molar refractivity (Wildman–Crippen MR) is 110 cm³/mol. The Bertz CT molecular complexity index is 1010. The van der Waals surface area contributed by atoms with E-state index in [4.69, 9.17) is 9.72 Å². The molecular weight excluding hydrogens is 336 g/mol. The fourth-order valence-electron chi connectivity index (χ4n) is 3.54. The van der Waals surface area contributed by atoms with E-state index >= 15 is 0 Å². The molecular formula is C23H26N2O2. The molecule has 0 atom stereocenters. The second-order valence-corrected chi connectivity index (χ2v) is 7.01. The zero-order valence-electron chi connectivity index (χ0n) is 16.6. The van der Waals surface area contributed by atoms with Crippen LogP contribution in [0.1, 0.15) is 28.7 Å². The van der Waals surface area contributed by atoms with Crippen molar-refractivity contribution >= 4 is 16.8 Å². The molecule has 0 saturated heterocycles. The normalized spacial score (nSPS) is 10.9. The summed E-state index contributed by atoms with van der Waals surface area (Å²) in [6.07, 6.45) is 1.18. The Morgan fingerprint density at radius 2 is 1.85 bits per heavy atom. The van der Waals surface area contributed by atoms with Gasteiger partial charge in [0.05, 0.1) is 18.3 Å². The van der Waals surface area contributed by atoms with E-state index < -0.39 is 0 Å². The zero-order valence-corrected chi connectivity index (χ0v) is 16.6. The minimum Gasteiger partial charge on any atom is -0.496 e. The van der Waals surface area contributed by atoms with Crippen LogP contribution in [-0.4, -0.2) is 25.0 Å². The molecule has 1 amide bonds. The van der Waals surface area contributed by atoms with Gasteiger partial charge in [-0.2, -0.15) is 0 Å². The molecule has 0 saturated carbocycles. The highest BCUT2D eigenvalue weighted by atomic mass is 16.5. The number of nitrogens with zero attached hydrogens (tertiary/aromatic N) is 1. The number of aryl methyl sites for hydroxylation is 4. The molecule has 0 aliphatic carbocycles. The van der Waals surface area contributed by atoms with Gasteiger partial charge in [-0.1, -0.05) is 18.2 Å². The monoisotopic (exact) mass is 362 g/mol. The first kappa shape index (κ1) is 18.9. The molecule has 3 aromatic rings. The number of fused-ring (bicyclic) bond motifs is 1. The highest BCUT2D eigenvalue weighted by Gasteiger charge is 2.13. The topological polar surface area (TPSA) is 51.2 Å². The van der Waals surface area contributed by atoms with Gasteiger partial charge < -0.3 is 10.1 Å². The second kappa shape index (κ2) is 7.78. The quantitative estimate of drug-likeness (QED) is 0.726. The van der Waals surface area contributed by atoms with Crippen molar-refractivity contribution in [3.05, 3.63) is 58.7 Å². The van der Waals surface area contributed by atoms with Gasteiger partial charge in [0.2, 0.25) is 5.91 Å². The summed E-state index contributed by atoms with van der Waals surface area (Å²) in [5.74, 6) is 0.913. The average molecular weight is 362 g/mol. The number of carbonyl (C=O) groups excluding carboxylic acids is 1. The van der Waals surface area contributed by atoms with E-state index in [0.29, 0.717) is 12.8 Å². The molecule has 1 heterocycles. The number of benzene rings is 2. The first-order valence-electron chi connectivity index (χ1n) is 9.19. The lowest BCUT2D eigenvalue weighted by molar-refractivity contribution is -0.120. The molecule has 0 radical (unpaired) electrons. The largest absolute Gasteiger partial charge is 0.496 e. The van der Waals surface area contributed by atoms with Crippen molar-refractivity contribution < 1.29 is 9.53 Å². The number of ether oxygens (including phenoxy) is 1. The van der Waals surface area contributed by atoms with Gasteiger partial charge in [-0.3, -0.25) is 4.79 Å². The number of hydrogen-bond donors (Lipinski definition) is 1. The van der Waals surface area contributed by atoms with Crippen LogP contribution in [0.3, 0.4) is 0 Å². The number of hydrogen-bond acceptors (Lipinski definition) is 3. The van der Waals surface area contributed by atoms with Crippen LogP contribution in [0.4, 0.5) is 0 Å². The molecule has 4 nitrogen and oxygen atoms in total. The van der Waals surface area contributed by atoms with E-state index in [9.17, 15) is 4.79 Å². The van der Waals surface area contributed by atoms with E-state index in [1.54, 1.807) is 14.2 Å². The first-order chi connectivity index (χ1) is 12.9. The summed E-state index contributed by atoms with van der Waals surface area (Å²) in [4.78, 5) is 16.5. The minimum atomic E-state index is 0.0490. The van der Waals surface area contributed by atoms with Gasteiger partial charge in [0.15, 0.2) is 0 Å². The van der Waals surface area contributed by atoms with Gasteiger partial charge >= 0.3 is 0 Å².